The van der Waals surface area contributed by atoms with Crippen molar-refractivity contribution in [3.05, 3.63) is 54.1 Å². The second kappa shape index (κ2) is 12.7. The predicted molar refractivity (Wildman–Crippen MR) is 144 cm³/mol. The lowest BCUT2D eigenvalue weighted by Crippen LogP contribution is -2.49. The van der Waals surface area contributed by atoms with E-state index in [0.717, 1.165) is 64.9 Å². The number of morpholine rings is 1. The predicted octanol–water partition coefficient (Wildman–Crippen LogP) is 3.73. The maximum Gasteiger partial charge on any atom is 0.194 e. The van der Waals surface area contributed by atoms with Gasteiger partial charge < -0.3 is 19.5 Å². The van der Waals surface area contributed by atoms with Crippen LogP contribution in [0, 0.1) is 12.8 Å². The van der Waals surface area contributed by atoms with Crippen molar-refractivity contribution in [1.29, 1.82) is 0 Å². The van der Waals surface area contributed by atoms with Crippen LogP contribution in [0.25, 0.3) is 0 Å². The molecule has 0 radical (unpaired) electrons. The van der Waals surface area contributed by atoms with Gasteiger partial charge in [-0.05, 0) is 31.7 Å². The Morgan fingerprint density at radius 2 is 1.97 bits per heavy atom. The van der Waals surface area contributed by atoms with Crippen LogP contribution in [0.4, 0.5) is 0 Å². The van der Waals surface area contributed by atoms with E-state index < -0.39 is 0 Å². The molecule has 182 valence electrons. The molecule has 0 saturated carbocycles. The van der Waals surface area contributed by atoms with Gasteiger partial charge in [0.2, 0.25) is 0 Å². The lowest BCUT2D eigenvalue weighted by molar-refractivity contribution is 0.0179. The van der Waals surface area contributed by atoms with Crippen LogP contribution in [0.15, 0.2) is 48.0 Å². The molecule has 8 heteroatoms. The molecule has 0 spiro atoms. The first-order chi connectivity index (χ1) is 15.7. The van der Waals surface area contributed by atoms with Crippen molar-refractivity contribution < 1.29 is 4.74 Å². The summed E-state index contributed by atoms with van der Waals surface area (Å²) in [5, 5.41) is 3.56. The number of nitrogens with zero attached hydrogens (tertiary/aromatic N) is 5. The molecular formula is C25H39IN6O. The molecule has 1 N–H and O–H groups in total. The number of imidazole rings is 1. The average molecular weight is 567 g/mol. The summed E-state index contributed by atoms with van der Waals surface area (Å²) in [5.74, 6) is 1.65. The highest BCUT2D eigenvalue weighted by molar-refractivity contribution is 14.0. The minimum Gasteiger partial charge on any atom is -0.379 e. The first-order valence-corrected chi connectivity index (χ1v) is 12.0. The molecule has 0 bridgehead atoms. The summed E-state index contributed by atoms with van der Waals surface area (Å²) >= 11 is 0. The summed E-state index contributed by atoms with van der Waals surface area (Å²) in [6.07, 6.45) is 7.05. The normalized spacial score (nSPS) is 23.1. The van der Waals surface area contributed by atoms with Gasteiger partial charge in [0.25, 0.3) is 0 Å². The van der Waals surface area contributed by atoms with Crippen molar-refractivity contribution in [1.82, 2.24) is 24.7 Å². The van der Waals surface area contributed by atoms with E-state index in [4.69, 9.17) is 9.73 Å². The lowest BCUT2D eigenvalue weighted by atomic mass is 9.93. The topological polar surface area (TPSA) is 57.9 Å². The summed E-state index contributed by atoms with van der Waals surface area (Å²) < 4.78 is 7.87. The van der Waals surface area contributed by atoms with E-state index in [1.165, 1.54) is 11.1 Å². The van der Waals surface area contributed by atoms with Gasteiger partial charge in [-0.1, -0.05) is 36.8 Å². The Morgan fingerprint density at radius 1 is 1.21 bits per heavy atom. The number of nitrogens with one attached hydrogen (secondary N) is 1. The number of hydrogen-bond acceptors (Lipinski definition) is 4. The number of aliphatic imine (C=N–C) groups is 1. The third kappa shape index (κ3) is 6.70. The van der Waals surface area contributed by atoms with E-state index in [1.54, 1.807) is 0 Å². The molecule has 2 saturated heterocycles. The van der Waals surface area contributed by atoms with Gasteiger partial charge in [0, 0.05) is 45.1 Å². The fourth-order valence-corrected chi connectivity index (χ4v) is 4.80. The minimum absolute atomic E-state index is 0. The SMILES string of the molecule is CCNC(=NCC(c1ccc(C)cc1)N1CCOCC1)N1CCC(C)C(n2ccnc2)C1.I. The molecule has 2 aliphatic heterocycles. The number of rotatable bonds is 6. The number of ether oxygens (including phenoxy) is 1. The molecule has 3 atom stereocenters. The third-order valence-corrected chi connectivity index (χ3v) is 6.82. The fraction of sp³-hybridized carbons (Fsp3) is 0.600. The van der Waals surface area contributed by atoms with Crippen molar-refractivity contribution in [2.75, 3.05) is 52.5 Å². The third-order valence-electron chi connectivity index (χ3n) is 6.82. The van der Waals surface area contributed by atoms with Gasteiger partial charge >= 0.3 is 0 Å². The maximum absolute atomic E-state index is 5.62. The quantitative estimate of drug-likeness (QED) is 0.328. The average Bonchev–Trinajstić information content (AvgIpc) is 3.35. The van der Waals surface area contributed by atoms with Crippen LogP contribution < -0.4 is 5.32 Å². The van der Waals surface area contributed by atoms with E-state index in [9.17, 15) is 0 Å². The van der Waals surface area contributed by atoms with Crippen LogP contribution in [-0.2, 0) is 4.74 Å². The maximum atomic E-state index is 5.62. The molecule has 1 aromatic heterocycles. The van der Waals surface area contributed by atoms with E-state index in [-0.39, 0.29) is 30.0 Å². The van der Waals surface area contributed by atoms with Crippen molar-refractivity contribution in [3.63, 3.8) is 0 Å². The molecule has 2 fully saturated rings. The van der Waals surface area contributed by atoms with Gasteiger partial charge in [0.15, 0.2) is 5.96 Å². The smallest absolute Gasteiger partial charge is 0.194 e. The summed E-state index contributed by atoms with van der Waals surface area (Å²) in [6.45, 7) is 13.7. The molecule has 0 amide bonds. The zero-order valence-electron chi connectivity index (χ0n) is 20.2. The Kier molecular flexibility index (Phi) is 10.0. The van der Waals surface area contributed by atoms with Crippen LogP contribution in [0.2, 0.25) is 0 Å². The highest BCUT2D eigenvalue weighted by Gasteiger charge is 2.29. The summed E-state index contributed by atoms with van der Waals surface area (Å²) in [5.41, 5.74) is 2.62. The summed E-state index contributed by atoms with van der Waals surface area (Å²) in [7, 11) is 0. The molecule has 33 heavy (non-hydrogen) atoms. The van der Waals surface area contributed by atoms with E-state index in [1.807, 2.05) is 12.5 Å². The van der Waals surface area contributed by atoms with E-state index in [0.29, 0.717) is 12.0 Å². The number of likely N-dealkylation sites (tertiary alicyclic amines) is 1. The van der Waals surface area contributed by atoms with Crippen LogP contribution in [0.3, 0.4) is 0 Å². The number of benzene rings is 1. The molecule has 7 nitrogen and oxygen atoms in total. The van der Waals surface area contributed by atoms with Gasteiger partial charge in [0.1, 0.15) is 0 Å². The zero-order chi connectivity index (χ0) is 22.3. The second-order valence-electron chi connectivity index (χ2n) is 9.06. The Morgan fingerprint density at radius 3 is 2.64 bits per heavy atom. The minimum atomic E-state index is 0. The molecule has 3 unspecified atom stereocenters. The van der Waals surface area contributed by atoms with Crippen LogP contribution in [0.5, 0.6) is 0 Å². The number of aryl methyl sites for hydroxylation is 1. The van der Waals surface area contributed by atoms with Gasteiger partial charge in [-0.25, -0.2) is 4.98 Å². The van der Waals surface area contributed by atoms with Crippen molar-refractivity contribution in [2.24, 2.45) is 10.9 Å². The van der Waals surface area contributed by atoms with Crippen molar-refractivity contribution in [3.8, 4) is 0 Å². The Balaban J connectivity index is 0.00000306. The lowest BCUT2D eigenvalue weighted by Gasteiger charge is -2.39. The van der Waals surface area contributed by atoms with E-state index in [2.05, 4.69) is 75.9 Å². The Labute approximate surface area is 215 Å². The van der Waals surface area contributed by atoms with Gasteiger partial charge in [0.05, 0.1) is 38.2 Å². The number of hydrogen-bond donors (Lipinski definition) is 1. The molecule has 1 aromatic carbocycles. The highest BCUT2D eigenvalue weighted by atomic mass is 127. The van der Waals surface area contributed by atoms with Crippen LogP contribution in [0.1, 0.15) is 43.5 Å². The largest absolute Gasteiger partial charge is 0.379 e. The van der Waals surface area contributed by atoms with Gasteiger partial charge in [-0.3, -0.25) is 9.89 Å². The van der Waals surface area contributed by atoms with Crippen molar-refractivity contribution in [2.45, 2.75) is 39.3 Å². The fourth-order valence-electron chi connectivity index (χ4n) is 4.80. The standard InChI is InChI=1S/C25H38N6O.HI/c1-4-27-25(30-11-9-21(3)24(18-30)31-12-10-26-19-31)28-17-23(29-13-15-32-16-14-29)22-7-5-20(2)6-8-22;/h5-8,10,12,19,21,23-24H,4,9,11,13-18H2,1-3H3,(H,27,28);1H. The zero-order valence-corrected chi connectivity index (χ0v) is 22.5. The number of halogens is 1. The first kappa shape index (κ1) is 26.0. The Bertz CT molecular complexity index is 850. The van der Waals surface area contributed by atoms with Gasteiger partial charge in [-0.15, -0.1) is 24.0 Å². The molecular weight excluding hydrogens is 527 g/mol. The highest BCUT2D eigenvalue weighted by Crippen LogP contribution is 2.28. The number of guanidine groups is 1. The number of piperidine rings is 1. The summed E-state index contributed by atoms with van der Waals surface area (Å²) in [6, 6.07) is 9.62. The Hall–Kier alpha value is -1.65. The molecule has 0 aliphatic carbocycles. The van der Waals surface area contributed by atoms with Gasteiger partial charge in [-0.2, -0.15) is 0 Å². The molecule has 3 heterocycles. The van der Waals surface area contributed by atoms with Crippen LogP contribution >= 0.6 is 24.0 Å². The summed E-state index contributed by atoms with van der Waals surface area (Å²) in [4.78, 5) is 14.4. The van der Waals surface area contributed by atoms with Crippen LogP contribution in [-0.4, -0.2) is 77.8 Å². The molecule has 2 aliphatic rings. The molecule has 2 aromatic rings. The van der Waals surface area contributed by atoms with E-state index >= 15 is 0 Å². The monoisotopic (exact) mass is 566 g/mol. The first-order valence-electron chi connectivity index (χ1n) is 12.0. The van der Waals surface area contributed by atoms with Crippen molar-refractivity contribution >= 4 is 29.9 Å². The molecule has 4 rings (SSSR count). The number of aromatic nitrogens is 2. The second-order valence-corrected chi connectivity index (χ2v) is 9.06.